The van der Waals surface area contributed by atoms with Gasteiger partial charge in [0.05, 0.1) is 0 Å². The van der Waals surface area contributed by atoms with Crippen LogP contribution in [0, 0.1) is 13.8 Å². The van der Waals surface area contributed by atoms with E-state index in [2.05, 4.69) is 54.2 Å². The first-order valence-corrected chi connectivity index (χ1v) is 8.89. The fourth-order valence-corrected chi connectivity index (χ4v) is 3.16. The van der Waals surface area contributed by atoms with Crippen LogP contribution in [0.25, 0.3) is 0 Å². The number of piperazine rings is 1. The second-order valence-corrected chi connectivity index (χ2v) is 6.60. The topological polar surface area (TPSA) is 48.5 Å². The molecule has 1 aliphatic heterocycles. The normalized spacial score (nSPS) is 15.2. The van der Waals surface area contributed by atoms with Gasteiger partial charge in [-0.15, -0.1) is 0 Å². The summed E-state index contributed by atoms with van der Waals surface area (Å²) in [7, 11) is 0. The summed E-state index contributed by atoms with van der Waals surface area (Å²) in [6.07, 6.45) is 1.70. The van der Waals surface area contributed by atoms with Crippen molar-refractivity contribution in [3.8, 4) is 0 Å². The molecular weight excluding hydrogens is 312 g/mol. The number of carbonyl (C=O) groups excluding carboxylic acids is 1. The molecule has 0 radical (unpaired) electrons. The Morgan fingerprint density at radius 1 is 1.12 bits per heavy atom. The van der Waals surface area contributed by atoms with Crippen LogP contribution in [0.2, 0.25) is 0 Å². The Labute approximate surface area is 149 Å². The number of benzene rings is 1. The van der Waals surface area contributed by atoms with Crippen molar-refractivity contribution in [3.05, 3.63) is 53.3 Å². The molecular formula is C20H26N4O. The Balaban J connectivity index is 1.72. The minimum atomic E-state index is 0.0139. The van der Waals surface area contributed by atoms with Gasteiger partial charge in [-0.3, -0.25) is 9.78 Å². The number of nitrogens with one attached hydrogen (secondary N) is 1. The maximum Gasteiger partial charge on any atom is 0.272 e. The summed E-state index contributed by atoms with van der Waals surface area (Å²) < 4.78 is 0. The maximum absolute atomic E-state index is 12.7. The number of amides is 1. The van der Waals surface area contributed by atoms with E-state index in [-0.39, 0.29) is 5.91 Å². The lowest BCUT2D eigenvalue weighted by atomic mass is 10.1. The minimum Gasteiger partial charge on any atom is -0.355 e. The van der Waals surface area contributed by atoms with Crippen molar-refractivity contribution in [3.63, 3.8) is 0 Å². The highest BCUT2D eigenvalue weighted by Crippen LogP contribution is 2.22. The lowest BCUT2D eigenvalue weighted by molar-refractivity contribution is 0.0637. The van der Waals surface area contributed by atoms with Gasteiger partial charge in [0.25, 0.3) is 5.91 Å². The SMILES string of the molecule is CCN1CCN(C(=O)c2cc(Nc3ccc(C)cc3C)ccn2)CC1. The molecule has 1 aliphatic rings. The number of aromatic nitrogens is 1. The van der Waals surface area contributed by atoms with Crippen LogP contribution in [0.4, 0.5) is 11.4 Å². The molecule has 1 fully saturated rings. The third-order valence-corrected chi connectivity index (χ3v) is 4.75. The number of hydrogen-bond acceptors (Lipinski definition) is 4. The molecule has 1 amide bonds. The van der Waals surface area contributed by atoms with Crippen LogP contribution in [0.1, 0.15) is 28.5 Å². The van der Waals surface area contributed by atoms with Crippen LogP contribution in [-0.4, -0.2) is 53.4 Å². The van der Waals surface area contributed by atoms with Crippen molar-refractivity contribution in [1.29, 1.82) is 0 Å². The van der Waals surface area contributed by atoms with E-state index in [1.54, 1.807) is 6.20 Å². The van der Waals surface area contributed by atoms with Gasteiger partial charge in [0.15, 0.2) is 0 Å². The third-order valence-electron chi connectivity index (χ3n) is 4.75. The number of pyridine rings is 1. The Bertz CT molecular complexity index is 751. The van der Waals surface area contributed by atoms with Gasteiger partial charge in [-0.1, -0.05) is 24.6 Å². The molecule has 1 saturated heterocycles. The lowest BCUT2D eigenvalue weighted by Crippen LogP contribution is -2.48. The van der Waals surface area contributed by atoms with Crippen molar-refractivity contribution >= 4 is 17.3 Å². The molecule has 1 N–H and O–H groups in total. The molecule has 3 rings (SSSR count). The molecule has 0 atom stereocenters. The van der Waals surface area contributed by atoms with E-state index in [4.69, 9.17) is 0 Å². The summed E-state index contributed by atoms with van der Waals surface area (Å²) in [4.78, 5) is 21.3. The van der Waals surface area contributed by atoms with Crippen molar-refractivity contribution < 1.29 is 4.79 Å². The van der Waals surface area contributed by atoms with E-state index in [1.807, 2.05) is 17.0 Å². The summed E-state index contributed by atoms with van der Waals surface area (Å²) in [5.41, 5.74) is 4.85. The smallest absolute Gasteiger partial charge is 0.272 e. The van der Waals surface area contributed by atoms with Crippen LogP contribution in [0.3, 0.4) is 0 Å². The maximum atomic E-state index is 12.7. The van der Waals surface area contributed by atoms with Gasteiger partial charge < -0.3 is 15.1 Å². The first kappa shape index (κ1) is 17.4. The lowest BCUT2D eigenvalue weighted by Gasteiger charge is -2.33. The average Bonchev–Trinajstić information content (AvgIpc) is 2.64. The molecule has 0 aliphatic carbocycles. The van der Waals surface area contributed by atoms with Gasteiger partial charge in [0.2, 0.25) is 0 Å². The summed E-state index contributed by atoms with van der Waals surface area (Å²) in [6.45, 7) is 10.8. The number of aryl methyl sites for hydroxylation is 2. The van der Waals surface area contributed by atoms with Gasteiger partial charge in [-0.05, 0) is 44.2 Å². The minimum absolute atomic E-state index is 0.0139. The second kappa shape index (κ2) is 7.66. The molecule has 5 nitrogen and oxygen atoms in total. The van der Waals surface area contributed by atoms with Crippen molar-refractivity contribution in [2.45, 2.75) is 20.8 Å². The van der Waals surface area contributed by atoms with E-state index in [0.29, 0.717) is 5.69 Å². The van der Waals surface area contributed by atoms with Crippen LogP contribution < -0.4 is 5.32 Å². The van der Waals surface area contributed by atoms with E-state index in [1.165, 1.54) is 11.1 Å². The van der Waals surface area contributed by atoms with Gasteiger partial charge in [0, 0.05) is 43.8 Å². The van der Waals surface area contributed by atoms with Crippen LogP contribution >= 0.6 is 0 Å². The fourth-order valence-electron chi connectivity index (χ4n) is 3.16. The molecule has 0 spiro atoms. The molecule has 25 heavy (non-hydrogen) atoms. The predicted molar refractivity (Wildman–Crippen MR) is 101 cm³/mol. The third kappa shape index (κ3) is 4.17. The van der Waals surface area contributed by atoms with Crippen molar-refractivity contribution in [2.24, 2.45) is 0 Å². The summed E-state index contributed by atoms with van der Waals surface area (Å²) in [6, 6.07) is 10.0. The van der Waals surface area contributed by atoms with E-state index >= 15 is 0 Å². The summed E-state index contributed by atoms with van der Waals surface area (Å²) in [5.74, 6) is 0.0139. The highest BCUT2D eigenvalue weighted by Gasteiger charge is 2.22. The Hall–Kier alpha value is -2.40. The zero-order valence-electron chi connectivity index (χ0n) is 15.2. The van der Waals surface area contributed by atoms with Gasteiger partial charge in [-0.25, -0.2) is 0 Å². The second-order valence-electron chi connectivity index (χ2n) is 6.60. The standard InChI is InChI=1S/C20H26N4O/c1-4-23-9-11-24(12-10-23)20(25)19-14-17(7-8-21-19)22-18-6-5-15(2)13-16(18)3/h5-8,13-14H,4,9-12H2,1-3H3,(H,21,22). The van der Waals surface area contributed by atoms with Crippen LogP contribution in [0.15, 0.2) is 36.5 Å². The Morgan fingerprint density at radius 2 is 1.88 bits per heavy atom. The Kier molecular flexibility index (Phi) is 5.34. The molecule has 1 aromatic carbocycles. The van der Waals surface area contributed by atoms with Crippen molar-refractivity contribution in [2.75, 3.05) is 38.0 Å². The van der Waals surface area contributed by atoms with Crippen LogP contribution in [-0.2, 0) is 0 Å². The number of carbonyl (C=O) groups is 1. The first-order valence-electron chi connectivity index (χ1n) is 8.89. The highest BCUT2D eigenvalue weighted by molar-refractivity contribution is 5.93. The number of likely N-dealkylation sites (N-methyl/N-ethyl adjacent to an activating group) is 1. The number of hydrogen-bond donors (Lipinski definition) is 1. The van der Waals surface area contributed by atoms with Gasteiger partial charge in [-0.2, -0.15) is 0 Å². The van der Waals surface area contributed by atoms with Crippen molar-refractivity contribution in [1.82, 2.24) is 14.8 Å². The zero-order valence-corrected chi connectivity index (χ0v) is 15.2. The molecule has 0 saturated carbocycles. The molecule has 132 valence electrons. The average molecular weight is 338 g/mol. The Morgan fingerprint density at radius 3 is 2.56 bits per heavy atom. The molecule has 0 unspecified atom stereocenters. The first-order chi connectivity index (χ1) is 12.1. The monoisotopic (exact) mass is 338 g/mol. The van der Waals surface area contributed by atoms with Crippen LogP contribution in [0.5, 0.6) is 0 Å². The van der Waals surface area contributed by atoms with E-state index < -0.39 is 0 Å². The van der Waals surface area contributed by atoms with E-state index in [0.717, 1.165) is 44.1 Å². The van der Waals surface area contributed by atoms with E-state index in [9.17, 15) is 4.79 Å². The molecule has 2 heterocycles. The molecule has 2 aromatic rings. The predicted octanol–water partition coefficient (Wildman–Crippen LogP) is 3.22. The molecule has 0 bridgehead atoms. The number of anilines is 2. The fraction of sp³-hybridized carbons (Fsp3) is 0.400. The number of nitrogens with zero attached hydrogens (tertiary/aromatic N) is 3. The zero-order chi connectivity index (χ0) is 17.8. The quantitative estimate of drug-likeness (QED) is 0.930. The highest BCUT2D eigenvalue weighted by atomic mass is 16.2. The van der Waals surface area contributed by atoms with Gasteiger partial charge in [0.1, 0.15) is 5.69 Å². The van der Waals surface area contributed by atoms with Gasteiger partial charge >= 0.3 is 0 Å². The summed E-state index contributed by atoms with van der Waals surface area (Å²) >= 11 is 0. The molecule has 5 heteroatoms. The molecule has 1 aromatic heterocycles. The largest absolute Gasteiger partial charge is 0.355 e. The number of rotatable bonds is 4. The summed E-state index contributed by atoms with van der Waals surface area (Å²) in [5, 5.41) is 3.39.